The van der Waals surface area contributed by atoms with Crippen LogP contribution in [0.1, 0.15) is 0 Å². The van der Waals surface area contributed by atoms with E-state index in [9.17, 15) is 0 Å². The molecule has 10 rings (SSSR count). The maximum Gasteiger partial charge on any atom is 0.160 e. The van der Waals surface area contributed by atoms with Crippen molar-refractivity contribution in [3.63, 3.8) is 0 Å². The van der Waals surface area contributed by atoms with Gasteiger partial charge >= 0.3 is 0 Å². The van der Waals surface area contributed by atoms with Crippen LogP contribution < -0.4 is 0 Å². The second kappa shape index (κ2) is 11.5. The number of aromatic nitrogens is 3. The van der Waals surface area contributed by atoms with Gasteiger partial charge in [-0.1, -0.05) is 158 Å². The molecule has 8 aromatic carbocycles. The Morgan fingerprint density at radius 1 is 0.260 bits per heavy atom. The number of pyridine rings is 1. The van der Waals surface area contributed by atoms with Crippen molar-refractivity contribution in [2.75, 3.05) is 0 Å². The molecule has 2 aromatic heterocycles. The van der Waals surface area contributed by atoms with Crippen LogP contribution in [0.3, 0.4) is 0 Å². The summed E-state index contributed by atoms with van der Waals surface area (Å²) < 4.78 is 0. The molecule has 0 saturated carbocycles. The predicted octanol–water partition coefficient (Wildman–Crippen LogP) is 12.3. The Hall–Kier alpha value is -6.71. The quantitative estimate of drug-likeness (QED) is 0.181. The Bertz CT molecular complexity index is 2910. The molecule has 0 bridgehead atoms. The van der Waals surface area contributed by atoms with Crippen molar-refractivity contribution < 1.29 is 0 Å². The molecule has 0 fully saturated rings. The second-order valence-electron chi connectivity index (χ2n) is 12.8. The van der Waals surface area contributed by atoms with Gasteiger partial charge in [0.15, 0.2) is 5.82 Å². The number of hydrogen-bond acceptors (Lipinski definition) is 3. The fraction of sp³-hybridized carbons (Fsp3) is 0. The van der Waals surface area contributed by atoms with E-state index in [1.807, 2.05) is 12.1 Å². The van der Waals surface area contributed by atoms with Crippen molar-refractivity contribution in [1.29, 1.82) is 0 Å². The summed E-state index contributed by atoms with van der Waals surface area (Å²) in [6.07, 6.45) is 0. The number of fused-ring (bicyclic) bond motifs is 9. The summed E-state index contributed by atoms with van der Waals surface area (Å²) in [4.78, 5) is 15.7. The Kier molecular flexibility index (Phi) is 6.49. The van der Waals surface area contributed by atoms with Crippen LogP contribution in [0.25, 0.3) is 99.2 Å². The van der Waals surface area contributed by atoms with E-state index in [2.05, 4.69) is 164 Å². The van der Waals surface area contributed by atoms with E-state index >= 15 is 0 Å². The zero-order chi connectivity index (χ0) is 33.0. The molecule has 0 atom stereocenters. The molecule has 3 nitrogen and oxygen atoms in total. The first-order valence-corrected chi connectivity index (χ1v) is 17.0. The topological polar surface area (TPSA) is 38.7 Å². The van der Waals surface area contributed by atoms with E-state index in [4.69, 9.17) is 15.0 Å². The Morgan fingerprint density at radius 3 is 1.44 bits per heavy atom. The Balaban J connectivity index is 1.20. The molecule has 0 aliphatic heterocycles. The lowest BCUT2D eigenvalue weighted by atomic mass is 9.89. The minimum Gasteiger partial charge on any atom is -0.247 e. The van der Waals surface area contributed by atoms with Crippen molar-refractivity contribution >= 4 is 54.1 Å². The van der Waals surface area contributed by atoms with Gasteiger partial charge in [0.1, 0.15) is 0 Å². The maximum absolute atomic E-state index is 5.39. The van der Waals surface area contributed by atoms with Crippen molar-refractivity contribution in [3.8, 4) is 45.0 Å². The smallest absolute Gasteiger partial charge is 0.160 e. The number of para-hydroxylation sites is 2. The van der Waals surface area contributed by atoms with Gasteiger partial charge in [-0.25, -0.2) is 15.0 Å². The summed E-state index contributed by atoms with van der Waals surface area (Å²) in [6.45, 7) is 0. The highest BCUT2D eigenvalue weighted by Gasteiger charge is 2.19. The minimum absolute atomic E-state index is 0.704. The summed E-state index contributed by atoms with van der Waals surface area (Å²) in [6, 6.07) is 61.9. The first kappa shape index (κ1) is 28.3. The average Bonchev–Trinajstić information content (AvgIpc) is 3.20. The maximum atomic E-state index is 5.39. The van der Waals surface area contributed by atoms with Gasteiger partial charge in [0, 0.05) is 38.2 Å². The van der Waals surface area contributed by atoms with Crippen molar-refractivity contribution in [2.24, 2.45) is 0 Å². The lowest BCUT2D eigenvalue weighted by Crippen LogP contribution is -1.96. The standard InChI is InChI=1S/C47H29N3/c1-2-13-30(14-3-1)31-25-27-32(28-26-31)47-49-42-24-11-9-22-40(42)45(50-47)33-15-12-16-34(29-33)46-44-38-20-7-5-18-36(38)35-17-4-6-19-37(35)43(44)39-21-8-10-23-41(39)48-46/h1-29H. The fourth-order valence-electron chi connectivity index (χ4n) is 7.52. The highest BCUT2D eigenvalue weighted by atomic mass is 14.9. The normalized spacial score (nSPS) is 11.6. The molecular weight excluding hydrogens is 607 g/mol. The van der Waals surface area contributed by atoms with Crippen LogP contribution in [-0.4, -0.2) is 15.0 Å². The molecule has 0 aliphatic rings. The van der Waals surface area contributed by atoms with E-state index < -0.39 is 0 Å². The van der Waals surface area contributed by atoms with E-state index in [1.54, 1.807) is 0 Å². The molecule has 0 N–H and O–H groups in total. The van der Waals surface area contributed by atoms with Gasteiger partial charge in [-0.3, -0.25) is 0 Å². The molecule has 0 spiro atoms. The monoisotopic (exact) mass is 635 g/mol. The number of benzene rings is 8. The molecule has 232 valence electrons. The highest BCUT2D eigenvalue weighted by molar-refractivity contribution is 6.33. The largest absolute Gasteiger partial charge is 0.247 e. The van der Waals surface area contributed by atoms with Crippen LogP contribution in [0.4, 0.5) is 0 Å². The van der Waals surface area contributed by atoms with Crippen LogP contribution >= 0.6 is 0 Å². The SMILES string of the molecule is c1ccc(-c2ccc(-c3nc(-c4cccc(-c5nc6ccccc6c6c7ccccc7c7ccccc7c56)c4)c4ccccc4n3)cc2)cc1. The van der Waals surface area contributed by atoms with Gasteiger partial charge in [-0.15, -0.1) is 0 Å². The van der Waals surface area contributed by atoms with Crippen LogP contribution in [0, 0.1) is 0 Å². The second-order valence-corrected chi connectivity index (χ2v) is 12.8. The highest BCUT2D eigenvalue weighted by Crippen LogP contribution is 2.43. The molecule has 0 saturated heterocycles. The van der Waals surface area contributed by atoms with Gasteiger partial charge in [0.25, 0.3) is 0 Å². The number of hydrogen-bond donors (Lipinski definition) is 0. The Morgan fingerprint density at radius 2 is 0.740 bits per heavy atom. The Labute approximate surface area is 289 Å². The molecule has 0 aliphatic carbocycles. The van der Waals surface area contributed by atoms with E-state index in [0.717, 1.165) is 49.9 Å². The lowest BCUT2D eigenvalue weighted by molar-refractivity contribution is 1.23. The van der Waals surface area contributed by atoms with Gasteiger partial charge in [0.2, 0.25) is 0 Å². The predicted molar refractivity (Wildman–Crippen MR) is 209 cm³/mol. The zero-order valence-corrected chi connectivity index (χ0v) is 27.1. The summed E-state index contributed by atoms with van der Waals surface area (Å²) in [5, 5.41) is 9.51. The fourth-order valence-corrected chi connectivity index (χ4v) is 7.52. The summed E-state index contributed by atoms with van der Waals surface area (Å²) >= 11 is 0. The van der Waals surface area contributed by atoms with Crippen molar-refractivity contribution in [2.45, 2.75) is 0 Å². The van der Waals surface area contributed by atoms with E-state index in [0.29, 0.717) is 5.82 Å². The molecule has 0 radical (unpaired) electrons. The molecular formula is C47H29N3. The summed E-state index contributed by atoms with van der Waals surface area (Å²) in [5.74, 6) is 0.704. The first-order valence-electron chi connectivity index (χ1n) is 17.0. The van der Waals surface area contributed by atoms with Gasteiger partial charge in [0.05, 0.1) is 22.4 Å². The van der Waals surface area contributed by atoms with E-state index in [-0.39, 0.29) is 0 Å². The average molecular weight is 636 g/mol. The number of rotatable bonds is 4. The summed E-state index contributed by atoms with van der Waals surface area (Å²) in [7, 11) is 0. The molecule has 2 heterocycles. The third kappa shape index (κ3) is 4.56. The van der Waals surface area contributed by atoms with Crippen molar-refractivity contribution in [1.82, 2.24) is 15.0 Å². The molecule has 0 amide bonds. The molecule has 0 unspecified atom stereocenters. The van der Waals surface area contributed by atoms with Gasteiger partial charge in [-0.2, -0.15) is 0 Å². The third-order valence-electron chi connectivity index (χ3n) is 9.84. The number of nitrogens with zero attached hydrogens (tertiary/aromatic N) is 3. The first-order chi connectivity index (χ1) is 24.8. The van der Waals surface area contributed by atoms with Gasteiger partial charge in [-0.05, 0) is 50.9 Å². The van der Waals surface area contributed by atoms with E-state index in [1.165, 1.54) is 43.4 Å². The summed E-state index contributed by atoms with van der Waals surface area (Å²) in [5.41, 5.74) is 9.17. The third-order valence-corrected chi connectivity index (χ3v) is 9.84. The van der Waals surface area contributed by atoms with Crippen molar-refractivity contribution in [3.05, 3.63) is 176 Å². The van der Waals surface area contributed by atoms with Gasteiger partial charge < -0.3 is 0 Å². The van der Waals surface area contributed by atoms with Crippen LogP contribution in [0.2, 0.25) is 0 Å². The van der Waals surface area contributed by atoms with Crippen LogP contribution in [0.15, 0.2) is 176 Å². The minimum atomic E-state index is 0.704. The van der Waals surface area contributed by atoms with Crippen LogP contribution in [0.5, 0.6) is 0 Å². The molecule has 10 aromatic rings. The zero-order valence-electron chi connectivity index (χ0n) is 27.1. The lowest BCUT2D eigenvalue weighted by Gasteiger charge is -2.17. The molecule has 50 heavy (non-hydrogen) atoms. The molecule has 3 heteroatoms. The van der Waals surface area contributed by atoms with Crippen LogP contribution in [-0.2, 0) is 0 Å².